The molecule has 3 aromatic heterocycles. The van der Waals surface area contributed by atoms with E-state index < -0.39 is 18.4 Å². The predicted octanol–water partition coefficient (Wildman–Crippen LogP) is 8.03. The minimum atomic E-state index is -1.37. The van der Waals surface area contributed by atoms with Crippen LogP contribution in [0.25, 0.3) is 32.9 Å². The Labute approximate surface area is 315 Å². The molecule has 278 valence electrons. The van der Waals surface area contributed by atoms with Crippen LogP contribution in [-0.4, -0.2) is 74.8 Å². The third kappa shape index (κ3) is 7.99. The van der Waals surface area contributed by atoms with Crippen LogP contribution in [0.2, 0.25) is 0 Å². The molecule has 2 aliphatic rings. The van der Waals surface area contributed by atoms with E-state index in [0.29, 0.717) is 18.0 Å². The Balaban J connectivity index is 1.13. The molecule has 2 aliphatic heterocycles. The van der Waals surface area contributed by atoms with Crippen LogP contribution in [0.4, 0.5) is 9.18 Å². The van der Waals surface area contributed by atoms with Crippen molar-refractivity contribution in [3.05, 3.63) is 102 Å². The van der Waals surface area contributed by atoms with Crippen LogP contribution < -0.4 is 14.2 Å². The Hall–Kier alpha value is -5.60. The summed E-state index contributed by atoms with van der Waals surface area (Å²) in [5.41, 5.74) is 4.54. The summed E-state index contributed by atoms with van der Waals surface area (Å²) in [6.07, 6.45) is 1.48. The second-order valence-corrected chi connectivity index (χ2v) is 14.0. The van der Waals surface area contributed by atoms with Gasteiger partial charge in [-0.25, -0.2) is 18.9 Å². The van der Waals surface area contributed by atoms with Gasteiger partial charge in [0.2, 0.25) is 5.88 Å². The van der Waals surface area contributed by atoms with Gasteiger partial charge in [0.05, 0.1) is 19.2 Å². The Morgan fingerprint density at radius 3 is 2.61 bits per heavy atom. The van der Waals surface area contributed by atoms with Gasteiger partial charge in [0.15, 0.2) is 12.3 Å². The number of piperidine rings is 1. The highest BCUT2D eigenvalue weighted by Gasteiger charge is 2.35. The van der Waals surface area contributed by atoms with E-state index in [1.54, 1.807) is 30.7 Å². The number of ether oxygens (including phenoxy) is 5. The summed E-state index contributed by atoms with van der Waals surface area (Å²) in [5, 5.41) is 8.72. The maximum absolute atomic E-state index is 15.5. The number of likely N-dealkylation sites (tertiary alicyclic amines) is 1. The van der Waals surface area contributed by atoms with Gasteiger partial charge in [-0.2, -0.15) is 15.1 Å². The van der Waals surface area contributed by atoms with Crippen LogP contribution in [0.15, 0.2) is 90.4 Å². The van der Waals surface area contributed by atoms with Crippen LogP contribution in [0.3, 0.4) is 0 Å². The van der Waals surface area contributed by atoms with Crippen molar-refractivity contribution in [3.8, 4) is 39.6 Å². The number of nitrogens with zero attached hydrogens (tertiary/aromatic N) is 6. The average molecular weight is 751 g/mol. The minimum absolute atomic E-state index is 0.0435. The Morgan fingerprint density at radius 1 is 0.981 bits per heavy atom. The van der Waals surface area contributed by atoms with Gasteiger partial charge in [0.25, 0.3) is 0 Å². The topological polar surface area (TPSA) is 123 Å². The Bertz CT molecular complexity index is 2180. The number of carbonyl (C=O) groups excluding carboxylic acids is 1. The summed E-state index contributed by atoms with van der Waals surface area (Å²) in [5.74, 6) is 0.940. The zero-order valence-corrected chi connectivity index (χ0v) is 30.5. The predicted molar refractivity (Wildman–Crippen MR) is 200 cm³/mol. The molecule has 0 saturated carbocycles. The molecule has 0 aliphatic carbocycles. The van der Waals surface area contributed by atoms with Crippen molar-refractivity contribution in [2.45, 2.75) is 57.4 Å². The van der Waals surface area contributed by atoms with E-state index in [-0.39, 0.29) is 50.8 Å². The molecule has 3 aromatic carbocycles. The first-order valence-electron chi connectivity index (χ1n) is 18.0. The number of carbonyl (C=O) groups is 1. The highest BCUT2D eigenvalue weighted by Crippen LogP contribution is 2.37. The lowest BCUT2D eigenvalue weighted by Gasteiger charge is -2.33. The third-order valence-corrected chi connectivity index (χ3v) is 10.3. The molecule has 0 bridgehead atoms. The molecule has 2 fully saturated rings. The number of halogens is 1. The van der Waals surface area contributed by atoms with E-state index in [1.165, 1.54) is 4.90 Å². The van der Waals surface area contributed by atoms with Crippen molar-refractivity contribution in [2.75, 3.05) is 26.8 Å². The van der Waals surface area contributed by atoms with E-state index in [9.17, 15) is 4.79 Å². The van der Waals surface area contributed by atoms with Gasteiger partial charge in [-0.1, -0.05) is 42.5 Å². The quantitative estimate of drug-likeness (QED) is 0.129. The van der Waals surface area contributed by atoms with Crippen LogP contribution in [0, 0.1) is 0 Å². The molecule has 14 heteroatoms. The van der Waals surface area contributed by atoms with Crippen molar-refractivity contribution in [3.63, 3.8) is 0 Å². The number of aromatic nitrogens is 5. The lowest BCUT2D eigenvalue weighted by atomic mass is 10.1. The number of hydrogen-bond donors (Lipinski definition) is 0. The summed E-state index contributed by atoms with van der Waals surface area (Å²) in [4.78, 5) is 28.4. The number of thiazole rings is 1. The number of hydrogen-bond acceptors (Lipinski definition) is 11. The average Bonchev–Trinajstić information content (AvgIpc) is 3.90. The molecule has 8 rings (SSSR count). The lowest BCUT2D eigenvalue weighted by molar-refractivity contribution is -0.0365. The SMILES string of the molecule is COc1ccc(COc2cc(-c3nn(C4CCCCO4)c4ccc(-c5nccs5)cc34)nc(OC3CN(C(=O)OCc4ccccc4)CCC3F)n2)cc1. The molecule has 3 atom stereocenters. The normalized spacial score (nSPS) is 18.7. The highest BCUT2D eigenvalue weighted by molar-refractivity contribution is 7.13. The monoisotopic (exact) mass is 750 g/mol. The zero-order valence-electron chi connectivity index (χ0n) is 29.7. The molecule has 5 heterocycles. The number of alkyl halides is 1. The van der Waals surface area contributed by atoms with Gasteiger partial charge in [-0.15, -0.1) is 11.3 Å². The maximum Gasteiger partial charge on any atom is 0.410 e. The summed E-state index contributed by atoms with van der Waals surface area (Å²) in [6, 6.07) is 24.6. The largest absolute Gasteiger partial charge is 0.497 e. The molecule has 0 radical (unpaired) electrons. The van der Waals surface area contributed by atoms with Gasteiger partial charge in [-0.3, -0.25) is 0 Å². The molecular weight excluding hydrogens is 712 g/mol. The van der Waals surface area contributed by atoms with Gasteiger partial charge in [0.1, 0.15) is 41.5 Å². The number of rotatable bonds is 11. The summed E-state index contributed by atoms with van der Waals surface area (Å²) in [6.45, 7) is 1.10. The Morgan fingerprint density at radius 2 is 1.83 bits per heavy atom. The molecule has 12 nitrogen and oxygen atoms in total. The number of methoxy groups -OCH3 is 1. The summed E-state index contributed by atoms with van der Waals surface area (Å²) >= 11 is 1.55. The molecule has 1 amide bonds. The van der Waals surface area contributed by atoms with E-state index in [1.807, 2.05) is 82.9 Å². The molecule has 54 heavy (non-hydrogen) atoms. The first kappa shape index (κ1) is 35.4. The zero-order chi connectivity index (χ0) is 36.9. The molecule has 3 unspecified atom stereocenters. The van der Waals surface area contributed by atoms with Crippen LogP contribution in [0.5, 0.6) is 17.6 Å². The molecule has 6 aromatic rings. The van der Waals surface area contributed by atoms with Gasteiger partial charge < -0.3 is 28.6 Å². The van der Waals surface area contributed by atoms with Crippen molar-refractivity contribution in [1.82, 2.24) is 29.6 Å². The lowest BCUT2D eigenvalue weighted by Crippen LogP contribution is -2.50. The third-order valence-electron chi connectivity index (χ3n) is 9.48. The number of benzene rings is 3. The van der Waals surface area contributed by atoms with Crippen LogP contribution >= 0.6 is 11.3 Å². The maximum atomic E-state index is 15.5. The number of fused-ring (bicyclic) bond motifs is 1. The van der Waals surface area contributed by atoms with Gasteiger partial charge in [0, 0.05) is 48.2 Å². The van der Waals surface area contributed by atoms with Crippen LogP contribution in [0.1, 0.15) is 43.0 Å². The fourth-order valence-corrected chi connectivity index (χ4v) is 7.24. The van der Waals surface area contributed by atoms with Crippen molar-refractivity contribution in [1.29, 1.82) is 0 Å². The summed E-state index contributed by atoms with van der Waals surface area (Å²) < 4.78 is 46.9. The first-order chi connectivity index (χ1) is 26.5. The van der Waals surface area contributed by atoms with E-state index in [0.717, 1.165) is 57.6 Å². The van der Waals surface area contributed by atoms with Crippen LogP contribution in [-0.2, 0) is 22.7 Å². The van der Waals surface area contributed by atoms with Gasteiger partial charge >= 0.3 is 12.1 Å². The van der Waals surface area contributed by atoms with E-state index in [2.05, 4.69) is 9.97 Å². The van der Waals surface area contributed by atoms with Crippen molar-refractivity contribution in [2.24, 2.45) is 0 Å². The standard InChI is InChI=1S/C40H39FN6O6S/c1-49-29-13-10-27(11-14-29)24-51-35-22-32(37-30-21-28(38-42-17-20-54-38)12-15-33(30)47(45-37)36-9-5-6-19-50-36)43-39(44-35)53-34-23-46(18-16-31(34)41)40(48)52-25-26-7-3-2-4-8-26/h2-4,7-8,10-15,17,20-22,31,34,36H,5-6,9,16,18-19,23-25H2,1H3. The molecule has 2 saturated heterocycles. The molecular formula is C40H39FN6O6S. The van der Waals surface area contributed by atoms with E-state index >= 15 is 4.39 Å². The smallest absolute Gasteiger partial charge is 0.410 e. The van der Waals surface area contributed by atoms with Gasteiger partial charge in [-0.05, 0) is 60.7 Å². The minimum Gasteiger partial charge on any atom is -0.497 e. The highest BCUT2D eigenvalue weighted by atomic mass is 32.1. The van der Waals surface area contributed by atoms with Crippen molar-refractivity contribution >= 4 is 28.3 Å². The van der Waals surface area contributed by atoms with E-state index in [4.69, 9.17) is 33.8 Å². The first-order valence-corrected chi connectivity index (χ1v) is 18.8. The second kappa shape index (κ2) is 16.2. The Kier molecular flexibility index (Phi) is 10.6. The fraction of sp³-hybridized carbons (Fsp3) is 0.325. The van der Waals surface area contributed by atoms with Crippen molar-refractivity contribution < 1.29 is 32.9 Å². The molecule has 0 N–H and O–H groups in total. The second-order valence-electron chi connectivity index (χ2n) is 13.1. The fourth-order valence-electron chi connectivity index (χ4n) is 6.61. The summed E-state index contributed by atoms with van der Waals surface area (Å²) in [7, 11) is 1.61. The number of amides is 1. The molecule has 0 spiro atoms.